The Hall–Kier alpha value is -3.68. The van der Waals surface area contributed by atoms with Crippen LogP contribution in [0.2, 0.25) is 0 Å². The van der Waals surface area contributed by atoms with Gasteiger partial charge in [-0.3, -0.25) is 15.0 Å². The van der Waals surface area contributed by atoms with Gasteiger partial charge in [-0.2, -0.15) is 5.10 Å². The fraction of sp³-hybridized carbons (Fsp3) is 0.238. The second kappa shape index (κ2) is 9.01. The third-order valence-corrected chi connectivity index (χ3v) is 4.35. The summed E-state index contributed by atoms with van der Waals surface area (Å²) in [6, 6.07) is 12.4. The van der Waals surface area contributed by atoms with Gasteiger partial charge in [0.05, 0.1) is 19.3 Å². The minimum absolute atomic E-state index is 0.178. The van der Waals surface area contributed by atoms with Gasteiger partial charge in [-0.05, 0) is 55.5 Å². The van der Waals surface area contributed by atoms with Crippen LogP contribution in [-0.4, -0.2) is 43.1 Å². The van der Waals surface area contributed by atoms with Crippen molar-refractivity contribution in [3.63, 3.8) is 0 Å². The molecule has 0 radical (unpaired) electrons. The minimum atomic E-state index is -0.656. The second-order valence-corrected chi connectivity index (χ2v) is 6.29. The molecule has 0 aromatic heterocycles. The number of nitrogens with zero attached hydrogens (tertiary/aromatic N) is 1. The van der Waals surface area contributed by atoms with E-state index in [9.17, 15) is 14.4 Å². The van der Waals surface area contributed by atoms with Crippen molar-refractivity contribution in [2.24, 2.45) is 5.10 Å². The molecule has 3 rings (SSSR count). The SMILES string of the molecule is CCOC(=O)c1ccc(NC(=O)C2CC(C(=O)c3ccc(OC)cc3)=NN2)cc1. The molecule has 0 saturated heterocycles. The number of amides is 1. The molecule has 1 atom stereocenters. The summed E-state index contributed by atoms with van der Waals surface area (Å²) in [5.41, 5.74) is 4.39. The van der Waals surface area contributed by atoms with Crippen molar-refractivity contribution in [1.29, 1.82) is 0 Å². The predicted molar refractivity (Wildman–Crippen MR) is 107 cm³/mol. The molecule has 2 aromatic carbocycles. The number of hydrazone groups is 1. The number of rotatable bonds is 7. The molecule has 150 valence electrons. The lowest BCUT2D eigenvalue weighted by atomic mass is 10.0. The zero-order valence-electron chi connectivity index (χ0n) is 16.1. The van der Waals surface area contributed by atoms with Crippen LogP contribution < -0.4 is 15.5 Å². The van der Waals surface area contributed by atoms with Crippen molar-refractivity contribution in [2.75, 3.05) is 19.0 Å². The first-order chi connectivity index (χ1) is 14.0. The molecular weight excluding hydrogens is 374 g/mol. The van der Waals surface area contributed by atoms with Gasteiger partial charge in [-0.15, -0.1) is 0 Å². The maximum Gasteiger partial charge on any atom is 0.338 e. The van der Waals surface area contributed by atoms with E-state index in [1.165, 1.54) is 0 Å². The highest BCUT2D eigenvalue weighted by atomic mass is 16.5. The molecular formula is C21H21N3O5. The summed E-state index contributed by atoms with van der Waals surface area (Å²) in [5, 5.41) is 6.76. The van der Waals surface area contributed by atoms with Crippen LogP contribution in [0.1, 0.15) is 34.1 Å². The van der Waals surface area contributed by atoms with Crippen LogP contribution in [0.3, 0.4) is 0 Å². The summed E-state index contributed by atoms with van der Waals surface area (Å²) >= 11 is 0. The van der Waals surface area contributed by atoms with Crippen LogP contribution >= 0.6 is 0 Å². The fourth-order valence-electron chi connectivity index (χ4n) is 2.78. The van der Waals surface area contributed by atoms with Crippen LogP contribution in [0.5, 0.6) is 5.75 Å². The average Bonchev–Trinajstić information content (AvgIpc) is 3.24. The largest absolute Gasteiger partial charge is 0.497 e. The van der Waals surface area contributed by atoms with Crippen molar-refractivity contribution in [3.05, 3.63) is 59.7 Å². The monoisotopic (exact) mass is 395 g/mol. The van der Waals surface area contributed by atoms with Gasteiger partial charge in [-0.25, -0.2) is 4.79 Å². The molecule has 0 fully saturated rings. The molecule has 1 unspecified atom stereocenters. The number of hydrogen-bond donors (Lipinski definition) is 2. The van der Waals surface area contributed by atoms with E-state index in [0.717, 1.165) is 0 Å². The van der Waals surface area contributed by atoms with Crippen LogP contribution in [0.25, 0.3) is 0 Å². The van der Waals surface area contributed by atoms with Gasteiger partial charge in [0.25, 0.3) is 0 Å². The number of methoxy groups -OCH3 is 1. The Kier molecular flexibility index (Phi) is 6.23. The number of nitrogens with one attached hydrogen (secondary N) is 2. The zero-order valence-corrected chi connectivity index (χ0v) is 16.1. The number of ketones is 1. The molecule has 8 heteroatoms. The summed E-state index contributed by atoms with van der Waals surface area (Å²) < 4.78 is 10.0. The lowest BCUT2D eigenvalue weighted by Gasteiger charge is -2.11. The summed E-state index contributed by atoms with van der Waals surface area (Å²) in [7, 11) is 1.55. The van der Waals surface area contributed by atoms with Crippen LogP contribution in [0.4, 0.5) is 5.69 Å². The first kappa shape index (κ1) is 20.1. The molecule has 29 heavy (non-hydrogen) atoms. The van der Waals surface area contributed by atoms with E-state index in [2.05, 4.69) is 15.8 Å². The molecule has 1 aliphatic rings. The number of benzene rings is 2. The molecule has 2 N–H and O–H groups in total. The van der Waals surface area contributed by atoms with Gasteiger partial charge in [0.15, 0.2) is 0 Å². The summed E-state index contributed by atoms with van der Waals surface area (Å²) in [6.45, 7) is 2.03. The van der Waals surface area contributed by atoms with E-state index in [4.69, 9.17) is 9.47 Å². The minimum Gasteiger partial charge on any atom is -0.497 e. The van der Waals surface area contributed by atoms with Crippen LogP contribution in [0, 0.1) is 0 Å². The molecule has 2 aromatic rings. The normalized spacial score (nSPS) is 15.1. The van der Waals surface area contributed by atoms with Crippen LogP contribution in [-0.2, 0) is 9.53 Å². The van der Waals surface area contributed by atoms with Crippen molar-refractivity contribution in [3.8, 4) is 5.75 Å². The average molecular weight is 395 g/mol. The van der Waals surface area contributed by atoms with Gasteiger partial charge in [0.1, 0.15) is 17.5 Å². The third-order valence-electron chi connectivity index (χ3n) is 4.35. The number of ether oxygens (including phenoxy) is 2. The van der Waals surface area contributed by atoms with Gasteiger partial charge >= 0.3 is 5.97 Å². The number of carbonyl (C=O) groups is 3. The van der Waals surface area contributed by atoms with Crippen LogP contribution in [0.15, 0.2) is 53.6 Å². The predicted octanol–water partition coefficient (Wildman–Crippen LogP) is 2.41. The molecule has 8 nitrogen and oxygen atoms in total. The van der Waals surface area contributed by atoms with E-state index in [1.807, 2.05) is 0 Å². The molecule has 0 bridgehead atoms. The molecule has 1 heterocycles. The maximum atomic E-state index is 12.5. The molecule has 0 spiro atoms. The Morgan fingerprint density at radius 3 is 2.34 bits per heavy atom. The van der Waals surface area contributed by atoms with E-state index < -0.39 is 12.0 Å². The van der Waals surface area contributed by atoms with E-state index in [1.54, 1.807) is 62.6 Å². The fourth-order valence-corrected chi connectivity index (χ4v) is 2.78. The molecule has 0 saturated carbocycles. The Bertz CT molecular complexity index is 936. The van der Waals surface area contributed by atoms with Gasteiger partial charge in [-0.1, -0.05) is 0 Å². The van der Waals surface area contributed by atoms with E-state index in [0.29, 0.717) is 29.2 Å². The molecule has 1 amide bonds. The standard InChI is InChI=1S/C21H21N3O5/c1-3-29-21(27)14-4-8-15(9-5-14)22-20(26)18-12-17(23-24-18)19(25)13-6-10-16(28-2)11-7-13/h4-11,18,24H,3,12H2,1-2H3,(H,22,26). The Balaban J connectivity index is 1.56. The van der Waals surface area contributed by atoms with Crippen molar-refractivity contribution < 1.29 is 23.9 Å². The van der Waals surface area contributed by atoms with E-state index in [-0.39, 0.29) is 23.8 Å². The highest BCUT2D eigenvalue weighted by molar-refractivity contribution is 6.46. The van der Waals surface area contributed by atoms with Crippen molar-refractivity contribution in [1.82, 2.24) is 5.43 Å². The Morgan fingerprint density at radius 1 is 1.07 bits per heavy atom. The maximum absolute atomic E-state index is 12.5. The number of carbonyl (C=O) groups excluding carboxylic acids is 3. The Labute approximate surface area is 167 Å². The molecule has 0 aliphatic carbocycles. The number of hydrogen-bond acceptors (Lipinski definition) is 7. The first-order valence-electron chi connectivity index (χ1n) is 9.10. The molecule has 1 aliphatic heterocycles. The zero-order chi connectivity index (χ0) is 20.8. The van der Waals surface area contributed by atoms with Gasteiger partial charge in [0.2, 0.25) is 11.7 Å². The number of esters is 1. The van der Waals surface area contributed by atoms with Gasteiger partial charge < -0.3 is 14.8 Å². The van der Waals surface area contributed by atoms with Crippen molar-refractivity contribution in [2.45, 2.75) is 19.4 Å². The summed E-state index contributed by atoms with van der Waals surface area (Å²) in [4.78, 5) is 36.7. The second-order valence-electron chi connectivity index (χ2n) is 6.29. The highest BCUT2D eigenvalue weighted by Crippen LogP contribution is 2.16. The Morgan fingerprint density at radius 2 is 1.72 bits per heavy atom. The van der Waals surface area contributed by atoms with Gasteiger partial charge in [0, 0.05) is 17.7 Å². The van der Waals surface area contributed by atoms with E-state index >= 15 is 0 Å². The number of Topliss-reactive ketones (excluding diaryl/α,β-unsaturated/α-hetero) is 1. The van der Waals surface area contributed by atoms with Crippen molar-refractivity contribution >= 4 is 29.1 Å². The third kappa shape index (κ3) is 4.78. The topological polar surface area (TPSA) is 106 Å². The smallest absolute Gasteiger partial charge is 0.338 e. The quantitative estimate of drug-likeness (QED) is 0.551. The number of anilines is 1. The highest BCUT2D eigenvalue weighted by Gasteiger charge is 2.29. The lowest BCUT2D eigenvalue weighted by molar-refractivity contribution is -0.117. The summed E-state index contributed by atoms with van der Waals surface area (Å²) in [5.74, 6) is -0.332. The summed E-state index contributed by atoms with van der Waals surface area (Å²) in [6.07, 6.45) is 0.178. The lowest BCUT2D eigenvalue weighted by Crippen LogP contribution is -2.35. The first-order valence-corrected chi connectivity index (χ1v) is 9.10.